The first kappa shape index (κ1) is 14.4. The fourth-order valence-electron chi connectivity index (χ4n) is 1.28. The molecule has 2 amide bonds. The van der Waals surface area contributed by atoms with Crippen molar-refractivity contribution in [2.45, 2.75) is 11.7 Å². The lowest BCUT2D eigenvalue weighted by molar-refractivity contribution is -0.118. The Balaban J connectivity index is 2.34. The topological polar surface area (TPSA) is 81.4 Å². The average molecular weight is 268 g/mol. The number of nitrogens with one attached hydrogen (secondary N) is 1. The standard InChI is InChI=1S/C12H16N2O3S/c1-18-10(7-11(13)15)8-17-12(16)14-9-5-3-2-4-6-9/h2-6,10H,7-8H2,1H3,(H2,13,15)(H,14,16). The number of carbonyl (C=O) groups excluding carboxylic acids is 2. The van der Waals surface area contributed by atoms with Gasteiger partial charge in [0.2, 0.25) is 5.91 Å². The summed E-state index contributed by atoms with van der Waals surface area (Å²) >= 11 is 1.44. The second-order valence-corrected chi connectivity index (χ2v) is 4.76. The van der Waals surface area contributed by atoms with Gasteiger partial charge in [-0.25, -0.2) is 4.79 Å². The maximum absolute atomic E-state index is 11.5. The summed E-state index contributed by atoms with van der Waals surface area (Å²) in [4.78, 5) is 22.2. The number of carbonyl (C=O) groups is 2. The third kappa shape index (κ3) is 5.58. The zero-order valence-electron chi connectivity index (χ0n) is 10.1. The zero-order valence-corrected chi connectivity index (χ0v) is 10.9. The fraction of sp³-hybridized carbons (Fsp3) is 0.333. The lowest BCUT2D eigenvalue weighted by Gasteiger charge is -2.13. The van der Waals surface area contributed by atoms with E-state index in [0.29, 0.717) is 5.69 Å². The highest BCUT2D eigenvalue weighted by Crippen LogP contribution is 2.12. The van der Waals surface area contributed by atoms with E-state index in [1.807, 2.05) is 24.5 Å². The number of primary amides is 1. The molecule has 98 valence electrons. The molecule has 5 nitrogen and oxygen atoms in total. The quantitative estimate of drug-likeness (QED) is 0.825. The molecule has 0 spiro atoms. The molecule has 3 N–H and O–H groups in total. The number of anilines is 1. The van der Waals surface area contributed by atoms with Crippen LogP contribution in [0, 0.1) is 0 Å². The van der Waals surface area contributed by atoms with Crippen molar-refractivity contribution < 1.29 is 14.3 Å². The highest BCUT2D eigenvalue weighted by atomic mass is 32.2. The molecule has 1 unspecified atom stereocenters. The number of para-hydroxylation sites is 1. The summed E-state index contributed by atoms with van der Waals surface area (Å²) in [7, 11) is 0. The molecule has 0 saturated carbocycles. The zero-order chi connectivity index (χ0) is 13.4. The van der Waals surface area contributed by atoms with Crippen LogP contribution in [0.25, 0.3) is 0 Å². The van der Waals surface area contributed by atoms with Gasteiger partial charge in [0.1, 0.15) is 6.61 Å². The van der Waals surface area contributed by atoms with Gasteiger partial charge in [0.05, 0.1) is 0 Å². The van der Waals surface area contributed by atoms with Crippen LogP contribution in [0.15, 0.2) is 30.3 Å². The molecule has 0 aliphatic carbocycles. The van der Waals surface area contributed by atoms with Crippen LogP contribution in [0.1, 0.15) is 6.42 Å². The third-order valence-corrected chi connectivity index (χ3v) is 3.15. The van der Waals surface area contributed by atoms with E-state index in [0.717, 1.165) is 0 Å². The SMILES string of the molecule is CSC(COC(=O)Nc1ccccc1)CC(N)=O. The minimum Gasteiger partial charge on any atom is -0.448 e. The molecule has 0 aromatic heterocycles. The molecule has 6 heteroatoms. The number of ether oxygens (including phenoxy) is 1. The van der Waals surface area contributed by atoms with E-state index in [2.05, 4.69) is 5.32 Å². The predicted octanol–water partition coefficient (Wildman–Crippen LogP) is 1.84. The summed E-state index contributed by atoms with van der Waals surface area (Å²) in [6, 6.07) is 9.00. The van der Waals surface area contributed by atoms with Crippen LogP contribution >= 0.6 is 11.8 Å². The van der Waals surface area contributed by atoms with Crippen LogP contribution in [-0.2, 0) is 9.53 Å². The van der Waals surface area contributed by atoms with Crippen LogP contribution < -0.4 is 11.1 Å². The molecule has 1 rings (SSSR count). The summed E-state index contributed by atoms with van der Waals surface area (Å²) in [5.74, 6) is -0.401. The summed E-state index contributed by atoms with van der Waals surface area (Å²) in [6.45, 7) is 0.156. The molecule has 0 aliphatic rings. The first-order chi connectivity index (χ1) is 8.61. The van der Waals surface area contributed by atoms with Crippen LogP contribution in [0.4, 0.5) is 10.5 Å². The number of thioether (sulfide) groups is 1. The van der Waals surface area contributed by atoms with Crippen molar-refractivity contribution in [2.24, 2.45) is 5.73 Å². The normalized spacial score (nSPS) is 11.6. The van der Waals surface area contributed by atoms with Crippen molar-refractivity contribution in [1.82, 2.24) is 0 Å². The van der Waals surface area contributed by atoms with E-state index in [1.54, 1.807) is 12.1 Å². The summed E-state index contributed by atoms with van der Waals surface area (Å²) in [6.07, 6.45) is 1.50. The van der Waals surface area contributed by atoms with Crippen molar-refractivity contribution >= 4 is 29.4 Å². The number of rotatable bonds is 6. The van der Waals surface area contributed by atoms with Crippen molar-refractivity contribution in [2.75, 3.05) is 18.2 Å². The van der Waals surface area contributed by atoms with Gasteiger partial charge in [0.15, 0.2) is 0 Å². The molecule has 0 bridgehead atoms. The number of hydrogen-bond acceptors (Lipinski definition) is 4. The van der Waals surface area contributed by atoms with Crippen LogP contribution in [-0.4, -0.2) is 30.1 Å². The summed E-state index contributed by atoms with van der Waals surface area (Å²) in [5, 5.41) is 2.48. The molecule has 1 aromatic carbocycles. The maximum Gasteiger partial charge on any atom is 0.411 e. The van der Waals surface area contributed by atoms with E-state index in [-0.39, 0.29) is 18.3 Å². The summed E-state index contributed by atoms with van der Waals surface area (Å²) < 4.78 is 5.02. The molecule has 1 atom stereocenters. The van der Waals surface area contributed by atoms with Gasteiger partial charge in [-0.2, -0.15) is 11.8 Å². The highest BCUT2D eigenvalue weighted by molar-refractivity contribution is 7.99. The number of hydrogen-bond donors (Lipinski definition) is 2. The Morgan fingerprint density at radius 2 is 2.06 bits per heavy atom. The predicted molar refractivity (Wildman–Crippen MR) is 72.5 cm³/mol. The smallest absolute Gasteiger partial charge is 0.411 e. The van der Waals surface area contributed by atoms with Crippen molar-refractivity contribution in [3.8, 4) is 0 Å². The Kier molecular flexibility index (Phi) is 6.07. The van der Waals surface area contributed by atoms with Crippen molar-refractivity contribution in [1.29, 1.82) is 0 Å². The molecule has 0 radical (unpaired) electrons. The minimum absolute atomic E-state index is 0.107. The molecule has 1 aromatic rings. The monoisotopic (exact) mass is 268 g/mol. The van der Waals surface area contributed by atoms with Gasteiger partial charge < -0.3 is 10.5 Å². The van der Waals surface area contributed by atoms with Crippen molar-refractivity contribution in [3.05, 3.63) is 30.3 Å². The summed E-state index contributed by atoms with van der Waals surface area (Å²) in [5.41, 5.74) is 5.76. The van der Waals surface area contributed by atoms with Crippen LogP contribution in [0.3, 0.4) is 0 Å². The lowest BCUT2D eigenvalue weighted by atomic mass is 10.3. The van der Waals surface area contributed by atoms with Gasteiger partial charge in [-0.05, 0) is 18.4 Å². The number of nitrogens with two attached hydrogens (primary N) is 1. The Morgan fingerprint density at radius 3 is 2.61 bits per heavy atom. The molecule has 0 heterocycles. The first-order valence-electron chi connectivity index (χ1n) is 5.41. The van der Waals surface area contributed by atoms with Gasteiger partial charge in [-0.15, -0.1) is 0 Å². The molecule has 0 saturated heterocycles. The van der Waals surface area contributed by atoms with E-state index in [1.165, 1.54) is 11.8 Å². The number of amides is 2. The Labute approximate surface area is 110 Å². The van der Waals surface area contributed by atoms with Gasteiger partial charge in [0.25, 0.3) is 0 Å². The molecular formula is C12H16N2O3S. The molecule has 18 heavy (non-hydrogen) atoms. The van der Waals surface area contributed by atoms with E-state index in [9.17, 15) is 9.59 Å². The van der Waals surface area contributed by atoms with Gasteiger partial charge in [0, 0.05) is 17.4 Å². The van der Waals surface area contributed by atoms with E-state index in [4.69, 9.17) is 10.5 Å². The van der Waals surface area contributed by atoms with Gasteiger partial charge in [-0.3, -0.25) is 10.1 Å². The van der Waals surface area contributed by atoms with Crippen LogP contribution in [0.2, 0.25) is 0 Å². The van der Waals surface area contributed by atoms with Gasteiger partial charge in [-0.1, -0.05) is 18.2 Å². The second kappa shape index (κ2) is 7.60. The van der Waals surface area contributed by atoms with Crippen molar-refractivity contribution in [3.63, 3.8) is 0 Å². The fourth-order valence-corrected chi connectivity index (χ4v) is 1.81. The molecule has 0 aliphatic heterocycles. The molecule has 0 fully saturated rings. The first-order valence-corrected chi connectivity index (χ1v) is 6.70. The Bertz CT molecular complexity index is 398. The average Bonchev–Trinajstić information content (AvgIpc) is 2.35. The minimum atomic E-state index is -0.537. The van der Waals surface area contributed by atoms with Crippen LogP contribution in [0.5, 0.6) is 0 Å². The highest BCUT2D eigenvalue weighted by Gasteiger charge is 2.13. The van der Waals surface area contributed by atoms with E-state index < -0.39 is 12.0 Å². The number of benzene rings is 1. The van der Waals surface area contributed by atoms with Gasteiger partial charge >= 0.3 is 6.09 Å². The Morgan fingerprint density at radius 1 is 1.39 bits per heavy atom. The maximum atomic E-state index is 11.5. The lowest BCUT2D eigenvalue weighted by Crippen LogP contribution is -2.24. The molecular weight excluding hydrogens is 252 g/mol. The largest absolute Gasteiger partial charge is 0.448 e. The van der Waals surface area contributed by atoms with E-state index >= 15 is 0 Å². The Hall–Kier alpha value is -1.69. The second-order valence-electron chi connectivity index (χ2n) is 3.62. The third-order valence-electron chi connectivity index (χ3n) is 2.18.